The molecule has 470 valence electrons. The van der Waals surface area contributed by atoms with E-state index in [0.717, 1.165) is 154 Å². The molecule has 0 heterocycles. The van der Waals surface area contributed by atoms with Gasteiger partial charge in [-0.25, -0.2) is 0 Å². The molecule has 0 bridgehead atoms. The van der Waals surface area contributed by atoms with Crippen LogP contribution in [0.4, 0.5) is 0 Å². The number of carbonyl (C=O) groups is 3. The van der Waals surface area contributed by atoms with Crippen molar-refractivity contribution in [3.8, 4) is 0 Å². The molecule has 83 heavy (non-hydrogen) atoms. The average Bonchev–Trinajstić information content (AvgIpc) is 3.49. The summed E-state index contributed by atoms with van der Waals surface area (Å²) in [5.41, 5.74) is 0. The molecule has 0 fully saturated rings. The summed E-state index contributed by atoms with van der Waals surface area (Å²) in [6.45, 7) is 6.39. The zero-order chi connectivity index (χ0) is 59.9. The molecule has 6 nitrogen and oxygen atoms in total. The van der Waals surface area contributed by atoms with Gasteiger partial charge in [-0.1, -0.05) is 289 Å². The number of allylic oxidation sites excluding steroid dienone is 24. The molecule has 0 aromatic carbocycles. The quantitative estimate of drug-likeness (QED) is 0.0261. The smallest absolute Gasteiger partial charge is 0.306 e. The monoisotopic (exact) mass is 1150 g/mol. The Labute approximate surface area is 512 Å². The highest BCUT2D eigenvalue weighted by molar-refractivity contribution is 5.71. The van der Waals surface area contributed by atoms with Gasteiger partial charge in [0.2, 0.25) is 0 Å². The summed E-state index contributed by atoms with van der Waals surface area (Å²) in [5, 5.41) is 0. The SMILES string of the molecule is CC/C=C\C/C=C\C/C=C\C/C=C\C/C=C\C/C=C\CCCCCCCCC(=O)OCC(COC(=O)CCCCCCCCC/C=C\C/C=C\C/C=C\CC)OC(=O)CCCCCCCCCC/C=C\C/C=C\C/C=C\CCCCCCC. The van der Waals surface area contributed by atoms with Gasteiger partial charge in [-0.3, -0.25) is 14.4 Å². The van der Waals surface area contributed by atoms with Crippen molar-refractivity contribution >= 4 is 17.9 Å². The molecular weight excluding hydrogens is 1020 g/mol. The van der Waals surface area contributed by atoms with Gasteiger partial charge in [0, 0.05) is 19.3 Å². The summed E-state index contributed by atoms with van der Waals surface area (Å²) in [5.74, 6) is -0.922. The number of hydrogen-bond donors (Lipinski definition) is 0. The minimum absolute atomic E-state index is 0.0957. The van der Waals surface area contributed by atoms with Gasteiger partial charge in [0.1, 0.15) is 13.2 Å². The van der Waals surface area contributed by atoms with Crippen LogP contribution in [-0.2, 0) is 28.6 Å². The molecule has 0 aromatic heterocycles. The van der Waals surface area contributed by atoms with E-state index in [0.29, 0.717) is 19.3 Å². The van der Waals surface area contributed by atoms with Crippen molar-refractivity contribution in [2.75, 3.05) is 13.2 Å². The minimum atomic E-state index is -0.802. The van der Waals surface area contributed by atoms with Crippen LogP contribution in [0.25, 0.3) is 0 Å². The predicted octanol–water partition coefficient (Wildman–Crippen LogP) is 23.9. The molecule has 0 aliphatic rings. The summed E-state index contributed by atoms with van der Waals surface area (Å²) in [4.78, 5) is 38.5. The molecule has 0 aliphatic heterocycles. The Kier molecular flexibility index (Phi) is 65.8. The molecule has 0 amide bonds. The molecule has 0 spiro atoms. The van der Waals surface area contributed by atoms with Gasteiger partial charge < -0.3 is 14.2 Å². The zero-order valence-electron chi connectivity index (χ0n) is 53.9. The maximum absolute atomic E-state index is 13.0. The van der Waals surface area contributed by atoms with Gasteiger partial charge in [-0.05, 0) is 141 Å². The summed E-state index contributed by atoms with van der Waals surface area (Å²) in [6, 6.07) is 0. The lowest BCUT2D eigenvalue weighted by atomic mass is 10.1. The van der Waals surface area contributed by atoms with Crippen LogP contribution >= 0.6 is 0 Å². The molecule has 0 saturated carbocycles. The summed E-state index contributed by atoms with van der Waals surface area (Å²) < 4.78 is 17.0. The van der Waals surface area contributed by atoms with Gasteiger partial charge in [0.15, 0.2) is 6.10 Å². The molecule has 0 radical (unpaired) electrons. The van der Waals surface area contributed by atoms with Crippen LogP contribution in [0, 0.1) is 0 Å². The number of hydrogen-bond acceptors (Lipinski definition) is 6. The lowest BCUT2D eigenvalue weighted by Crippen LogP contribution is -2.30. The molecule has 1 unspecified atom stereocenters. The third-order valence-corrected chi connectivity index (χ3v) is 14.3. The van der Waals surface area contributed by atoms with Crippen molar-refractivity contribution < 1.29 is 28.6 Å². The molecular formula is C77H126O6. The fourth-order valence-corrected chi connectivity index (χ4v) is 9.23. The second-order valence-corrected chi connectivity index (χ2v) is 22.3. The fraction of sp³-hybridized carbons (Fsp3) is 0.649. The van der Waals surface area contributed by atoms with E-state index in [2.05, 4.69) is 167 Å². The zero-order valence-corrected chi connectivity index (χ0v) is 53.9. The summed E-state index contributed by atoms with van der Waals surface area (Å²) in [6.07, 6.45) is 99.9. The Hall–Kier alpha value is -4.71. The van der Waals surface area contributed by atoms with Crippen LogP contribution in [-0.4, -0.2) is 37.2 Å². The Bertz CT molecular complexity index is 1800. The number of rotatable bonds is 61. The topological polar surface area (TPSA) is 78.9 Å². The van der Waals surface area contributed by atoms with Crippen molar-refractivity contribution in [1.82, 2.24) is 0 Å². The first kappa shape index (κ1) is 78.3. The van der Waals surface area contributed by atoms with Gasteiger partial charge in [-0.2, -0.15) is 0 Å². The lowest BCUT2D eigenvalue weighted by Gasteiger charge is -2.18. The first-order chi connectivity index (χ1) is 41.0. The molecule has 6 heteroatoms. The van der Waals surface area contributed by atoms with E-state index in [4.69, 9.17) is 14.2 Å². The first-order valence-electron chi connectivity index (χ1n) is 34.3. The van der Waals surface area contributed by atoms with E-state index in [-0.39, 0.29) is 31.1 Å². The second-order valence-electron chi connectivity index (χ2n) is 22.3. The standard InChI is InChI=1S/C77H126O6/c1-4-7-10-13-16-19-22-25-28-31-33-35-37-38-40-41-43-46-49-52-55-58-61-64-67-70-76(79)82-73-74(72-81-75(78)69-66-63-60-57-54-51-48-45-30-27-24-21-18-15-12-9-6-3)83-77(80)71-68-65-62-59-56-53-50-47-44-42-39-36-34-32-29-26-23-20-17-14-11-8-5-2/h7,9-10,12,16,18-19,21,23,25-28,30,32-35,38-40,42-43,46,74H,4-6,8,11,13-15,17,20,22,24,29,31,36-37,41,44-45,47-73H2,1-3H3/b10-7-,12-9-,19-16-,21-18-,26-23-,28-25-,30-27-,34-32-,35-33-,40-38-,42-39-,46-43-. The third-order valence-electron chi connectivity index (χ3n) is 14.3. The van der Waals surface area contributed by atoms with Gasteiger partial charge in [0.25, 0.3) is 0 Å². The predicted molar refractivity (Wildman–Crippen MR) is 362 cm³/mol. The van der Waals surface area contributed by atoms with E-state index < -0.39 is 6.10 Å². The first-order valence-corrected chi connectivity index (χ1v) is 34.3. The van der Waals surface area contributed by atoms with Gasteiger partial charge in [0.05, 0.1) is 0 Å². The van der Waals surface area contributed by atoms with Gasteiger partial charge in [-0.15, -0.1) is 0 Å². The highest BCUT2D eigenvalue weighted by Gasteiger charge is 2.19. The average molecular weight is 1150 g/mol. The van der Waals surface area contributed by atoms with Crippen LogP contribution in [0.1, 0.15) is 303 Å². The van der Waals surface area contributed by atoms with E-state index in [1.54, 1.807) is 0 Å². The van der Waals surface area contributed by atoms with E-state index in [9.17, 15) is 14.4 Å². The minimum Gasteiger partial charge on any atom is -0.462 e. The Morgan fingerprint density at radius 1 is 0.253 bits per heavy atom. The van der Waals surface area contributed by atoms with E-state index in [1.165, 1.54) is 109 Å². The lowest BCUT2D eigenvalue weighted by molar-refractivity contribution is -0.167. The molecule has 0 aliphatic carbocycles. The molecule has 0 N–H and O–H groups in total. The highest BCUT2D eigenvalue weighted by atomic mass is 16.6. The Morgan fingerprint density at radius 2 is 0.470 bits per heavy atom. The maximum atomic E-state index is 13.0. The fourth-order valence-electron chi connectivity index (χ4n) is 9.23. The Morgan fingerprint density at radius 3 is 0.735 bits per heavy atom. The molecule has 0 rings (SSSR count). The summed E-state index contributed by atoms with van der Waals surface area (Å²) >= 11 is 0. The van der Waals surface area contributed by atoms with Crippen LogP contribution in [0.2, 0.25) is 0 Å². The largest absolute Gasteiger partial charge is 0.462 e. The van der Waals surface area contributed by atoms with Crippen LogP contribution in [0.15, 0.2) is 146 Å². The molecule has 1 atom stereocenters. The van der Waals surface area contributed by atoms with Crippen LogP contribution < -0.4 is 0 Å². The van der Waals surface area contributed by atoms with Crippen molar-refractivity contribution in [1.29, 1.82) is 0 Å². The number of ether oxygens (including phenoxy) is 3. The Balaban J connectivity index is 4.46. The van der Waals surface area contributed by atoms with Crippen molar-refractivity contribution in [3.63, 3.8) is 0 Å². The number of esters is 3. The van der Waals surface area contributed by atoms with E-state index in [1.807, 2.05) is 0 Å². The van der Waals surface area contributed by atoms with Crippen LogP contribution in [0.5, 0.6) is 0 Å². The molecule has 0 aromatic rings. The third kappa shape index (κ3) is 68.0. The number of unbranched alkanes of at least 4 members (excludes halogenated alkanes) is 26. The van der Waals surface area contributed by atoms with Crippen molar-refractivity contribution in [2.24, 2.45) is 0 Å². The van der Waals surface area contributed by atoms with Gasteiger partial charge >= 0.3 is 17.9 Å². The normalized spacial score (nSPS) is 13.0. The summed E-state index contributed by atoms with van der Waals surface area (Å²) in [7, 11) is 0. The van der Waals surface area contributed by atoms with E-state index >= 15 is 0 Å². The van der Waals surface area contributed by atoms with Crippen LogP contribution in [0.3, 0.4) is 0 Å². The number of carbonyl (C=O) groups excluding carboxylic acids is 3. The highest BCUT2D eigenvalue weighted by Crippen LogP contribution is 2.15. The molecule has 0 saturated heterocycles. The second kappa shape index (κ2) is 69.8. The maximum Gasteiger partial charge on any atom is 0.306 e. The van der Waals surface area contributed by atoms with Crippen molar-refractivity contribution in [3.05, 3.63) is 146 Å². The van der Waals surface area contributed by atoms with Crippen molar-refractivity contribution in [2.45, 2.75) is 309 Å².